The monoisotopic (exact) mass is 319 g/mol. The predicted molar refractivity (Wildman–Crippen MR) is 72.8 cm³/mol. The maximum atomic E-state index is 13.7. The van der Waals surface area contributed by atoms with E-state index < -0.39 is 6.29 Å². The van der Waals surface area contributed by atoms with Gasteiger partial charge < -0.3 is 15.2 Å². The summed E-state index contributed by atoms with van der Waals surface area (Å²) < 4.78 is 25.2. The third-order valence-corrected chi connectivity index (χ3v) is 2.98. The summed E-state index contributed by atoms with van der Waals surface area (Å²) >= 11 is 3.22. The molecule has 1 aromatic carbocycles. The molecule has 1 rings (SSSR count). The Kier molecular flexibility index (Phi) is 6.78. The van der Waals surface area contributed by atoms with E-state index in [1.54, 1.807) is 12.1 Å². The zero-order chi connectivity index (χ0) is 13.5. The van der Waals surface area contributed by atoms with Gasteiger partial charge in [-0.2, -0.15) is 0 Å². The average Bonchev–Trinajstić information content (AvgIpc) is 2.32. The molecule has 0 aromatic heterocycles. The number of rotatable bonds is 7. The van der Waals surface area contributed by atoms with Gasteiger partial charge >= 0.3 is 0 Å². The molecule has 0 bridgehead atoms. The number of nitrogens with two attached hydrogens (primary N) is 1. The van der Waals surface area contributed by atoms with Crippen molar-refractivity contribution in [2.45, 2.75) is 32.6 Å². The molecule has 1 unspecified atom stereocenters. The number of halogens is 2. The maximum absolute atomic E-state index is 13.7. The molecular weight excluding hydrogens is 301 g/mol. The van der Waals surface area contributed by atoms with Crippen LogP contribution in [0, 0.1) is 5.82 Å². The summed E-state index contributed by atoms with van der Waals surface area (Å²) in [6.07, 6.45) is -0.118. The van der Waals surface area contributed by atoms with Crippen molar-refractivity contribution < 1.29 is 13.9 Å². The Morgan fingerprint density at radius 2 is 1.89 bits per heavy atom. The van der Waals surface area contributed by atoms with Crippen LogP contribution in [0.5, 0.6) is 0 Å². The molecule has 0 saturated heterocycles. The molecule has 0 heterocycles. The van der Waals surface area contributed by atoms with E-state index in [1.807, 2.05) is 13.8 Å². The second kappa shape index (κ2) is 7.84. The van der Waals surface area contributed by atoms with Crippen molar-refractivity contribution in [2.75, 3.05) is 13.2 Å². The second-order valence-electron chi connectivity index (χ2n) is 3.88. The van der Waals surface area contributed by atoms with Crippen LogP contribution in [0.25, 0.3) is 0 Å². The number of ether oxygens (including phenoxy) is 2. The van der Waals surface area contributed by atoms with Crippen LogP contribution in [-0.4, -0.2) is 25.5 Å². The molecule has 1 atom stereocenters. The Morgan fingerprint density at radius 3 is 2.39 bits per heavy atom. The minimum Gasteiger partial charge on any atom is -0.351 e. The third kappa shape index (κ3) is 4.65. The number of benzene rings is 1. The van der Waals surface area contributed by atoms with Crippen LogP contribution in [0.4, 0.5) is 4.39 Å². The highest BCUT2D eigenvalue weighted by atomic mass is 79.9. The normalized spacial score (nSPS) is 13.0. The number of hydrogen-bond donors (Lipinski definition) is 1. The van der Waals surface area contributed by atoms with Crippen molar-refractivity contribution in [3.8, 4) is 0 Å². The van der Waals surface area contributed by atoms with E-state index in [4.69, 9.17) is 15.2 Å². The van der Waals surface area contributed by atoms with Crippen molar-refractivity contribution in [3.05, 3.63) is 34.1 Å². The van der Waals surface area contributed by atoms with Crippen LogP contribution >= 0.6 is 15.9 Å². The van der Waals surface area contributed by atoms with Crippen molar-refractivity contribution in [3.63, 3.8) is 0 Å². The molecule has 0 aliphatic carbocycles. The van der Waals surface area contributed by atoms with Gasteiger partial charge in [0.1, 0.15) is 5.82 Å². The lowest BCUT2D eigenvalue weighted by atomic mass is 10.1. The topological polar surface area (TPSA) is 44.5 Å². The quantitative estimate of drug-likeness (QED) is 0.786. The summed E-state index contributed by atoms with van der Waals surface area (Å²) in [5, 5.41) is 0. The first-order chi connectivity index (χ1) is 8.58. The fraction of sp³-hybridized carbons (Fsp3) is 0.538. The molecular formula is C13H19BrFNO2. The van der Waals surface area contributed by atoms with E-state index in [0.29, 0.717) is 29.7 Å². The van der Waals surface area contributed by atoms with E-state index in [-0.39, 0.29) is 11.9 Å². The van der Waals surface area contributed by atoms with Gasteiger partial charge in [0.2, 0.25) is 0 Å². The molecule has 0 saturated carbocycles. The number of hydrogen-bond acceptors (Lipinski definition) is 3. The van der Waals surface area contributed by atoms with Crippen LogP contribution in [0.3, 0.4) is 0 Å². The Labute approximate surface area is 116 Å². The lowest BCUT2D eigenvalue weighted by Gasteiger charge is -2.23. The Morgan fingerprint density at radius 1 is 1.28 bits per heavy atom. The van der Waals surface area contributed by atoms with E-state index in [2.05, 4.69) is 15.9 Å². The maximum Gasteiger partial charge on any atom is 0.172 e. The van der Waals surface area contributed by atoms with Gasteiger partial charge in [-0.3, -0.25) is 0 Å². The van der Waals surface area contributed by atoms with Gasteiger partial charge in [-0.05, 0) is 38.0 Å². The van der Waals surface area contributed by atoms with Crippen molar-refractivity contribution in [1.82, 2.24) is 0 Å². The largest absolute Gasteiger partial charge is 0.351 e. The summed E-state index contributed by atoms with van der Waals surface area (Å²) in [7, 11) is 0. The van der Waals surface area contributed by atoms with Crippen LogP contribution in [0.15, 0.2) is 22.7 Å². The zero-order valence-electron chi connectivity index (χ0n) is 10.7. The lowest BCUT2D eigenvalue weighted by molar-refractivity contribution is -0.148. The molecule has 2 N–H and O–H groups in total. The smallest absolute Gasteiger partial charge is 0.172 e. The van der Waals surface area contributed by atoms with Crippen molar-refractivity contribution >= 4 is 15.9 Å². The Hall–Kier alpha value is -0.490. The predicted octanol–water partition coefficient (Wildman–Crippen LogP) is 2.86. The third-order valence-electron chi connectivity index (χ3n) is 2.48. The minimum atomic E-state index is -0.497. The lowest BCUT2D eigenvalue weighted by Crippen LogP contribution is -2.40. The van der Waals surface area contributed by atoms with Crippen LogP contribution in [0.2, 0.25) is 0 Å². The van der Waals surface area contributed by atoms with Gasteiger partial charge in [0.15, 0.2) is 6.29 Å². The average molecular weight is 320 g/mol. The summed E-state index contributed by atoms with van der Waals surface area (Å²) in [6.45, 7) is 4.78. The first kappa shape index (κ1) is 15.6. The summed E-state index contributed by atoms with van der Waals surface area (Å²) in [6, 6.07) is 4.55. The molecule has 0 aliphatic heterocycles. The minimum absolute atomic E-state index is 0.272. The van der Waals surface area contributed by atoms with E-state index in [0.717, 1.165) is 0 Å². The van der Waals surface area contributed by atoms with Crippen molar-refractivity contribution in [1.29, 1.82) is 0 Å². The molecule has 3 nitrogen and oxygen atoms in total. The fourth-order valence-corrected chi connectivity index (χ4v) is 1.99. The van der Waals surface area contributed by atoms with Crippen LogP contribution in [0.1, 0.15) is 19.4 Å². The molecule has 0 fully saturated rings. The van der Waals surface area contributed by atoms with Crippen LogP contribution in [-0.2, 0) is 15.9 Å². The second-order valence-corrected chi connectivity index (χ2v) is 4.80. The molecule has 0 radical (unpaired) electrons. The standard InChI is InChI=1S/C13H19BrFNO2/c1-3-17-13(18-4-2)12(16)7-9-5-6-10(14)8-11(9)15/h5-6,8,12-13H,3-4,7,16H2,1-2H3. The van der Waals surface area contributed by atoms with E-state index in [1.165, 1.54) is 6.07 Å². The molecule has 0 aliphatic rings. The van der Waals surface area contributed by atoms with Gasteiger partial charge in [0, 0.05) is 17.7 Å². The van der Waals surface area contributed by atoms with E-state index in [9.17, 15) is 4.39 Å². The molecule has 5 heteroatoms. The first-order valence-electron chi connectivity index (χ1n) is 6.01. The van der Waals surface area contributed by atoms with Crippen LogP contribution < -0.4 is 5.73 Å². The van der Waals surface area contributed by atoms with Gasteiger partial charge in [-0.15, -0.1) is 0 Å². The summed E-state index contributed by atoms with van der Waals surface area (Å²) in [5.41, 5.74) is 6.57. The highest BCUT2D eigenvalue weighted by Crippen LogP contribution is 2.17. The van der Waals surface area contributed by atoms with Gasteiger partial charge in [-0.25, -0.2) is 4.39 Å². The highest BCUT2D eigenvalue weighted by molar-refractivity contribution is 9.10. The van der Waals surface area contributed by atoms with Gasteiger partial charge in [0.05, 0.1) is 6.04 Å². The highest BCUT2D eigenvalue weighted by Gasteiger charge is 2.20. The van der Waals surface area contributed by atoms with Crippen molar-refractivity contribution in [2.24, 2.45) is 5.73 Å². The molecule has 0 amide bonds. The molecule has 0 spiro atoms. The van der Waals surface area contributed by atoms with Gasteiger partial charge in [0.25, 0.3) is 0 Å². The summed E-state index contributed by atoms with van der Waals surface area (Å²) in [4.78, 5) is 0. The fourth-order valence-electron chi connectivity index (χ4n) is 1.66. The first-order valence-corrected chi connectivity index (χ1v) is 6.80. The Bertz CT molecular complexity index is 370. The van der Waals surface area contributed by atoms with E-state index >= 15 is 0 Å². The molecule has 1 aromatic rings. The summed E-state index contributed by atoms with van der Waals surface area (Å²) in [5.74, 6) is -0.272. The van der Waals surface area contributed by atoms with Gasteiger partial charge in [-0.1, -0.05) is 22.0 Å². The Balaban J connectivity index is 2.69. The SMILES string of the molecule is CCOC(OCC)C(N)Cc1ccc(Br)cc1F. The molecule has 102 valence electrons. The zero-order valence-corrected chi connectivity index (χ0v) is 12.2. The molecule has 18 heavy (non-hydrogen) atoms.